The van der Waals surface area contributed by atoms with E-state index in [9.17, 15) is 23.1 Å². The van der Waals surface area contributed by atoms with Crippen LogP contribution in [0.5, 0.6) is 0 Å². The van der Waals surface area contributed by atoms with Crippen LogP contribution in [0.2, 0.25) is 10.0 Å². The molecular weight excluding hydrogens is 565 g/mol. The lowest BCUT2D eigenvalue weighted by atomic mass is 9.84. The van der Waals surface area contributed by atoms with Gasteiger partial charge in [0.15, 0.2) is 10.8 Å². The molecule has 0 saturated heterocycles. The van der Waals surface area contributed by atoms with Gasteiger partial charge in [0.1, 0.15) is 0 Å². The molecule has 1 amide bonds. The van der Waals surface area contributed by atoms with Crippen LogP contribution in [0.1, 0.15) is 47.0 Å². The summed E-state index contributed by atoms with van der Waals surface area (Å²) in [4.78, 5) is 35.6. The average Bonchev–Trinajstić information content (AvgIpc) is 3.25. The summed E-state index contributed by atoms with van der Waals surface area (Å²) >= 11 is 12.4. The van der Waals surface area contributed by atoms with Crippen LogP contribution in [0.3, 0.4) is 0 Å². The number of carbonyl (C=O) groups excluding carboxylic acids is 1. The molecule has 2 atom stereocenters. The minimum atomic E-state index is -4.06. The fraction of sp³-hybridized carbons (Fsp3) is 0.462. The van der Waals surface area contributed by atoms with Gasteiger partial charge in [0, 0.05) is 12.7 Å². The molecule has 10 nitrogen and oxygen atoms in total. The first-order valence-corrected chi connectivity index (χ1v) is 14.7. The van der Waals surface area contributed by atoms with Crippen LogP contribution >= 0.6 is 23.2 Å². The number of amides is 1. The lowest BCUT2D eigenvalue weighted by molar-refractivity contribution is -0.124. The normalized spacial score (nSPS) is 13.8. The Kier molecular flexibility index (Phi) is 9.98. The maximum absolute atomic E-state index is 13.5. The highest BCUT2D eigenvalue weighted by Crippen LogP contribution is 2.32. The Balaban J connectivity index is 1.96. The molecular formula is C26H33Cl2N5O5S. The van der Waals surface area contributed by atoms with E-state index >= 15 is 0 Å². The van der Waals surface area contributed by atoms with E-state index in [4.69, 9.17) is 23.2 Å². The molecule has 2 heterocycles. The van der Waals surface area contributed by atoms with E-state index in [1.54, 1.807) is 29.1 Å². The number of aromatic nitrogens is 3. The number of pyridine rings is 1. The van der Waals surface area contributed by atoms with Crippen LogP contribution in [0, 0.1) is 5.41 Å². The largest absolute Gasteiger partial charge is 0.465 e. The number of fused-ring (bicyclic) bond motifs is 1. The van der Waals surface area contributed by atoms with Gasteiger partial charge in [0.05, 0.1) is 46.0 Å². The number of benzene rings is 1. The Morgan fingerprint density at radius 1 is 1.15 bits per heavy atom. The molecule has 0 spiro atoms. The fourth-order valence-corrected chi connectivity index (χ4v) is 5.62. The van der Waals surface area contributed by atoms with E-state index in [0.717, 1.165) is 11.3 Å². The van der Waals surface area contributed by atoms with Crippen LogP contribution in [0.4, 0.5) is 4.79 Å². The molecule has 212 valence electrons. The summed E-state index contributed by atoms with van der Waals surface area (Å²) in [6, 6.07) is 5.96. The number of carboxylic acid groups (broad SMARTS) is 1. The van der Waals surface area contributed by atoms with Crippen molar-refractivity contribution in [1.29, 1.82) is 0 Å². The number of nitrogens with one attached hydrogen (secondary N) is 1. The Hall–Kier alpha value is -2.73. The number of hydrogen-bond donors (Lipinski definition) is 2. The predicted octanol–water partition coefficient (Wildman–Crippen LogP) is 5.24. The third-order valence-corrected chi connectivity index (χ3v) is 8.52. The number of Topliss-reactive ketones (excluding diaryl/α,β-unsaturated/α-hetero) is 1. The van der Waals surface area contributed by atoms with Gasteiger partial charge in [0.25, 0.3) is 10.0 Å². The SMILES string of the molecule is CCCC[C@@H](C(=O)CNS(=O)(=O)c1ccccn1)N(C(=O)O)C(Cn1cnc2cc(Cl)c(Cl)cc21)C(C)(C)C. The summed E-state index contributed by atoms with van der Waals surface area (Å²) in [6.45, 7) is 7.21. The van der Waals surface area contributed by atoms with Crippen molar-refractivity contribution in [2.75, 3.05) is 6.54 Å². The van der Waals surface area contributed by atoms with Gasteiger partial charge in [-0.1, -0.05) is 69.8 Å². The number of hydrogen-bond acceptors (Lipinski definition) is 6. The third kappa shape index (κ3) is 7.47. The summed E-state index contributed by atoms with van der Waals surface area (Å²) in [7, 11) is -4.06. The first-order valence-electron chi connectivity index (χ1n) is 12.5. The zero-order valence-corrected chi connectivity index (χ0v) is 24.6. The molecule has 0 bridgehead atoms. The number of unbranched alkanes of at least 4 members (excludes halogenated alkanes) is 1. The van der Waals surface area contributed by atoms with Crippen LogP contribution in [-0.2, 0) is 21.4 Å². The van der Waals surface area contributed by atoms with E-state index in [1.807, 2.05) is 27.7 Å². The van der Waals surface area contributed by atoms with Crippen LogP contribution in [0.15, 0.2) is 47.9 Å². The summed E-state index contributed by atoms with van der Waals surface area (Å²) in [5, 5.41) is 10.9. The van der Waals surface area contributed by atoms with Gasteiger partial charge < -0.3 is 9.67 Å². The first kappa shape index (κ1) is 30.8. The van der Waals surface area contributed by atoms with Gasteiger partial charge in [-0.2, -0.15) is 0 Å². The summed E-state index contributed by atoms with van der Waals surface area (Å²) < 4.78 is 29.4. The number of ketones is 1. The molecule has 39 heavy (non-hydrogen) atoms. The zero-order valence-electron chi connectivity index (χ0n) is 22.3. The second-order valence-electron chi connectivity index (χ2n) is 10.3. The van der Waals surface area contributed by atoms with Crippen molar-refractivity contribution in [1.82, 2.24) is 24.2 Å². The number of imidazole rings is 1. The molecule has 1 unspecified atom stereocenters. The number of halogens is 2. The smallest absolute Gasteiger partial charge is 0.408 e. The number of rotatable bonds is 12. The molecule has 13 heteroatoms. The Bertz CT molecular complexity index is 1420. The van der Waals surface area contributed by atoms with E-state index in [0.29, 0.717) is 27.5 Å². The molecule has 2 aromatic heterocycles. The van der Waals surface area contributed by atoms with E-state index in [1.165, 1.54) is 18.3 Å². The zero-order chi connectivity index (χ0) is 29.0. The molecule has 0 radical (unpaired) electrons. The topological polar surface area (TPSA) is 134 Å². The van der Waals surface area contributed by atoms with Gasteiger partial charge in [-0.15, -0.1) is 0 Å². The molecule has 3 rings (SSSR count). The summed E-state index contributed by atoms with van der Waals surface area (Å²) in [5.41, 5.74) is 0.661. The number of carbonyl (C=O) groups is 2. The van der Waals surface area contributed by atoms with Gasteiger partial charge >= 0.3 is 6.09 Å². The van der Waals surface area contributed by atoms with Gasteiger partial charge in [0.2, 0.25) is 0 Å². The second-order valence-corrected chi connectivity index (χ2v) is 12.9. The fourth-order valence-electron chi connectivity index (χ4n) is 4.36. The predicted molar refractivity (Wildman–Crippen MR) is 151 cm³/mol. The maximum atomic E-state index is 13.5. The van der Waals surface area contributed by atoms with E-state index < -0.39 is 45.9 Å². The van der Waals surface area contributed by atoms with Crippen LogP contribution in [0.25, 0.3) is 11.0 Å². The highest BCUT2D eigenvalue weighted by Gasteiger charge is 2.41. The molecule has 3 aromatic rings. The Morgan fingerprint density at radius 2 is 1.85 bits per heavy atom. The molecule has 0 aliphatic rings. The second kappa shape index (κ2) is 12.6. The molecule has 0 fully saturated rings. The molecule has 0 aliphatic heterocycles. The van der Waals surface area contributed by atoms with Gasteiger partial charge in [-0.05, 0) is 36.1 Å². The lowest BCUT2D eigenvalue weighted by Gasteiger charge is -2.42. The molecule has 2 N–H and O–H groups in total. The summed E-state index contributed by atoms with van der Waals surface area (Å²) in [5.74, 6) is -0.551. The molecule has 0 aliphatic carbocycles. The number of nitrogens with zero attached hydrogens (tertiary/aromatic N) is 4. The minimum absolute atomic E-state index is 0.180. The van der Waals surface area contributed by atoms with Gasteiger partial charge in [-0.25, -0.2) is 27.9 Å². The van der Waals surface area contributed by atoms with Crippen LogP contribution < -0.4 is 4.72 Å². The highest BCUT2D eigenvalue weighted by molar-refractivity contribution is 7.89. The lowest BCUT2D eigenvalue weighted by Crippen LogP contribution is -2.57. The summed E-state index contributed by atoms with van der Waals surface area (Å²) in [6.07, 6.45) is 3.18. The molecule has 1 aromatic carbocycles. The first-order chi connectivity index (χ1) is 18.3. The third-order valence-electron chi connectivity index (χ3n) is 6.48. The monoisotopic (exact) mass is 597 g/mol. The minimum Gasteiger partial charge on any atom is -0.465 e. The van der Waals surface area contributed by atoms with Crippen molar-refractivity contribution < 1.29 is 23.1 Å². The van der Waals surface area contributed by atoms with Crippen molar-refractivity contribution in [2.24, 2.45) is 5.41 Å². The Morgan fingerprint density at radius 3 is 2.44 bits per heavy atom. The van der Waals surface area contributed by atoms with Crippen molar-refractivity contribution in [3.05, 3.63) is 52.9 Å². The highest BCUT2D eigenvalue weighted by atomic mass is 35.5. The van der Waals surface area contributed by atoms with Crippen molar-refractivity contribution in [3.63, 3.8) is 0 Å². The maximum Gasteiger partial charge on any atom is 0.408 e. The Labute approximate surface area is 238 Å². The van der Waals surface area contributed by atoms with E-state index in [2.05, 4.69) is 14.7 Å². The van der Waals surface area contributed by atoms with Crippen LogP contribution in [-0.4, -0.2) is 63.5 Å². The molecule has 0 saturated carbocycles. The average molecular weight is 599 g/mol. The standard InChI is InChI=1S/C26H33Cl2N5O5S/c1-5-6-9-20(22(34)14-31-39(37,38)24-10-7-8-11-29-24)33(25(35)36)23(26(2,3)4)15-32-16-30-19-12-17(27)18(28)13-21(19)32/h7-8,10-13,16,20,23,31H,5-6,9,14-15H2,1-4H3,(H,35,36)/t20-,23?/m0/s1. The number of sulfonamides is 1. The van der Waals surface area contributed by atoms with Gasteiger partial charge in [-0.3, -0.25) is 9.69 Å². The van der Waals surface area contributed by atoms with Crippen molar-refractivity contribution in [2.45, 2.75) is 70.6 Å². The quantitative estimate of drug-likeness (QED) is 0.291. The van der Waals surface area contributed by atoms with Crippen molar-refractivity contribution >= 4 is 56.1 Å². The van der Waals surface area contributed by atoms with E-state index in [-0.39, 0.29) is 18.0 Å². The van der Waals surface area contributed by atoms with Crippen molar-refractivity contribution in [3.8, 4) is 0 Å².